The molecule has 0 unspecified atom stereocenters. The van der Waals surface area contributed by atoms with Crippen molar-refractivity contribution in [2.45, 2.75) is 76.1 Å². The molecule has 0 aromatic heterocycles. The van der Waals surface area contributed by atoms with E-state index in [2.05, 4.69) is 39.5 Å². The lowest BCUT2D eigenvalue weighted by molar-refractivity contribution is -0.163. The highest BCUT2D eigenvalue weighted by Crippen LogP contribution is 2.22. The number of ether oxygens (including phenoxy) is 8. The molecule has 0 aliphatic carbocycles. The van der Waals surface area contributed by atoms with Crippen LogP contribution in [0.4, 0.5) is 0 Å². The maximum absolute atomic E-state index is 11.9. The van der Waals surface area contributed by atoms with E-state index >= 15 is 0 Å². The van der Waals surface area contributed by atoms with Crippen LogP contribution in [-0.2, 0) is 52.3 Å². The molecule has 55 heavy (non-hydrogen) atoms. The summed E-state index contributed by atoms with van der Waals surface area (Å²) < 4.78 is 41.2. The summed E-state index contributed by atoms with van der Waals surface area (Å²) in [4.78, 5) is 42.1. The predicted octanol–water partition coefficient (Wildman–Crippen LogP) is 5.02. The van der Waals surface area contributed by atoms with Gasteiger partial charge in [0.1, 0.15) is 31.0 Å². The highest BCUT2D eigenvalue weighted by Gasteiger charge is 2.27. The van der Waals surface area contributed by atoms with E-state index in [1.807, 2.05) is 13.8 Å². The normalized spacial score (nSPS) is 11.0. The van der Waals surface area contributed by atoms with Crippen LogP contribution in [0.15, 0.2) is 75.9 Å². The molecule has 0 bridgehead atoms. The summed E-state index contributed by atoms with van der Waals surface area (Å²) in [7, 11) is 0. The van der Waals surface area contributed by atoms with Crippen LogP contribution in [0.25, 0.3) is 0 Å². The lowest BCUT2D eigenvalue weighted by atomic mass is 9.98. The first-order valence-corrected chi connectivity index (χ1v) is 17.7. The molecule has 0 saturated heterocycles. The van der Waals surface area contributed by atoms with E-state index in [4.69, 9.17) is 52.9 Å². The van der Waals surface area contributed by atoms with Gasteiger partial charge in [0.15, 0.2) is 0 Å². The summed E-state index contributed by atoms with van der Waals surface area (Å²) >= 11 is 0. The molecule has 15 heteroatoms. The summed E-state index contributed by atoms with van der Waals surface area (Å²) in [6.07, 6.45) is 13.6. The number of carboxylic acids is 2. The van der Waals surface area contributed by atoms with Gasteiger partial charge in [-0.1, -0.05) is 36.5 Å². The molecular formula is C40H67O15+. The fraction of sp³-hybridized carbons (Fsp3) is 0.600. The molecule has 0 aromatic carbocycles. The van der Waals surface area contributed by atoms with E-state index in [1.165, 1.54) is 0 Å². The predicted molar refractivity (Wildman–Crippen MR) is 211 cm³/mol. The van der Waals surface area contributed by atoms with Gasteiger partial charge in [-0.05, 0) is 33.6 Å². The first-order valence-electron chi connectivity index (χ1n) is 17.7. The SMILES string of the molecule is C=CCC(C)(CC=C)OC(=O)COCCOCCOCC(=O)OC(C)(CC=C)CC=C.C=CCC(C)(O)CC=C.O=C(O)COCCOCCOCC(O)=[OH+]. The number of aliphatic carboxylic acids is 2. The lowest BCUT2D eigenvalue weighted by Gasteiger charge is -2.27. The van der Waals surface area contributed by atoms with E-state index in [0.29, 0.717) is 38.5 Å². The lowest BCUT2D eigenvalue weighted by Crippen LogP contribution is -2.32. The minimum absolute atomic E-state index is 0.163. The highest BCUT2D eigenvalue weighted by molar-refractivity contribution is 5.71. The quantitative estimate of drug-likeness (QED) is 0.0339. The van der Waals surface area contributed by atoms with Gasteiger partial charge in [-0.3, -0.25) is 0 Å². The van der Waals surface area contributed by atoms with Crippen molar-refractivity contribution >= 4 is 23.9 Å². The van der Waals surface area contributed by atoms with Crippen molar-refractivity contribution in [1.29, 1.82) is 0 Å². The second kappa shape index (κ2) is 35.7. The van der Waals surface area contributed by atoms with E-state index in [9.17, 15) is 19.5 Å². The van der Waals surface area contributed by atoms with Crippen molar-refractivity contribution in [1.82, 2.24) is 0 Å². The van der Waals surface area contributed by atoms with Gasteiger partial charge >= 0.3 is 23.9 Å². The fourth-order valence-electron chi connectivity index (χ4n) is 4.18. The average molecular weight is 788 g/mol. The first kappa shape index (κ1) is 55.4. The fourth-order valence-corrected chi connectivity index (χ4v) is 4.18. The Labute approximate surface area is 327 Å². The average Bonchev–Trinajstić information content (AvgIpc) is 3.07. The molecule has 0 aliphatic heterocycles. The number of esters is 2. The molecule has 0 heterocycles. The Morgan fingerprint density at radius 1 is 0.491 bits per heavy atom. The van der Waals surface area contributed by atoms with Gasteiger partial charge in [0, 0.05) is 25.7 Å². The number of hydrogen-bond acceptors (Lipinski definition) is 12. The second-order valence-corrected chi connectivity index (χ2v) is 12.5. The topological polar surface area (TPSA) is 207 Å². The van der Waals surface area contributed by atoms with Crippen molar-refractivity contribution < 1.29 is 72.4 Å². The molecule has 0 aliphatic rings. The number of carboxylic acid groups (broad SMARTS) is 2. The standard InChI is InChI=1S/C24H38O7.C8H14O7.C8H14O/c1-7-11-23(5,12-8-2)30-21(25)19-28-17-15-27-16-18-29-20-22(26)31-24(6,13-9-3)14-10-4;9-7(10)5-14-3-1-13-2-4-15-6-8(11)12;1-4-6-8(3,9)7-5-2/h7-10H,1-4,11-20H2,5-6H3;1-6H2,(H,9,10)(H,11,12);4-5,9H,1-2,6-7H2,3H3/p+1. The summed E-state index contributed by atoms with van der Waals surface area (Å²) in [5.41, 5.74) is -1.95. The number of hydrogen-bond donors (Lipinski definition) is 3. The molecule has 15 nitrogen and oxygen atoms in total. The number of aliphatic hydroxyl groups is 1. The van der Waals surface area contributed by atoms with E-state index in [0.717, 1.165) is 0 Å². The van der Waals surface area contributed by atoms with Gasteiger partial charge in [-0.15, -0.1) is 39.5 Å². The van der Waals surface area contributed by atoms with E-state index in [-0.39, 0.29) is 79.3 Å². The molecule has 0 amide bonds. The van der Waals surface area contributed by atoms with Crippen LogP contribution < -0.4 is 0 Å². The van der Waals surface area contributed by atoms with Crippen LogP contribution in [0, 0.1) is 0 Å². The Kier molecular flexibility index (Phi) is 36.0. The summed E-state index contributed by atoms with van der Waals surface area (Å²) in [6, 6.07) is 0. The minimum Gasteiger partial charge on any atom is -0.480 e. The molecule has 316 valence electrons. The van der Waals surface area contributed by atoms with E-state index < -0.39 is 40.7 Å². The van der Waals surface area contributed by atoms with Crippen molar-refractivity contribution in [3.8, 4) is 0 Å². The summed E-state index contributed by atoms with van der Waals surface area (Å²) in [6.45, 7) is 28.3. The Morgan fingerprint density at radius 3 is 1.04 bits per heavy atom. The molecule has 0 aromatic rings. The van der Waals surface area contributed by atoms with Gasteiger partial charge in [-0.2, -0.15) is 0 Å². The summed E-state index contributed by atoms with van der Waals surface area (Å²) in [5.74, 6) is -2.70. The Hall–Kier alpha value is -3.96. The molecule has 0 spiro atoms. The Bertz CT molecular complexity index is 1010. The van der Waals surface area contributed by atoms with E-state index in [1.54, 1.807) is 43.4 Å². The third kappa shape index (κ3) is 39.5. The first-order chi connectivity index (χ1) is 26.0. The monoisotopic (exact) mass is 787 g/mol. The van der Waals surface area contributed by atoms with Crippen molar-refractivity contribution in [3.63, 3.8) is 0 Å². The van der Waals surface area contributed by atoms with Gasteiger partial charge < -0.3 is 58.0 Å². The maximum Gasteiger partial charge on any atom is 0.507 e. The molecule has 0 saturated carbocycles. The van der Waals surface area contributed by atoms with Gasteiger partial charge in [0.2, 0.25) is 6.61 Å². The zero-order valence-electron chi connectivity index (χ0n) is 33.2. The molecule has 0 radical (unpaired) electrons. The van der Waals surface area contributed by atoms with Gasteiger partial charge in [-0.25, -0.2) is 14.4 Å². The van der Waals surface area contributed by atoms with Crippen molar-refractivity contribution in [3.05, 3.63) is 75.9 Å². The third-order valence-corrected chi connectivity index (χ3v) is 6.58. The zero-order chi connectivity index (χ0) is 42.4. The molecule has 0 rings (SSSR count). The zero-order valence-corrected chi connectivity index (χ0v) is 33.2. The van der Waals surface area contributed by atoms with Crippen molar-refractivity contribution in [2.24, 2.45) is 0 Å². The van der Waals surface area contributed by atoms with Crippen LogP contribution >= 0.6 is 0 Å². The van der Waals surface area contributed by atoms with Crippen LogP contribution in [0.3, 0.4) is 0 Å². The Morgan fingerprint density at radius 2 is 0.764 bits per heavy atom. The van der Waals surface area contributed by atoms with Gasteiger partial charge in [0.05, 0.1) is 58.5 Å². The van der Waals surface area contributed by atoms with Crippen molar-refractivity contribution in [2.75, 3.05) is 79.3 Å². The van der Waals surface area contributed by atoms with Crippen LogP contribution in [-0.4, -0.2) is 140 Å². The molecule has 0 fully saturated rings. The molecule has 4 N–H and O–H groups in total. The second-order valence-electron chi connectivity index (χ2n) is 12.5. The smallest absolute Gasteiger partial charge is 0.480 e. The van der Waals surface area contributed by atoms with Crippen LogP contribution in [0.1, 0.15) is 59.3 Å². The minimum atomic E-state index is -1.02. The van der Waals surface area contributed by atoms with Crippen LogP contribution in [0.5, 0.6) is 0 Å². The largest absolute Gasteiger partial charge is 0.507 e. The highest BCUT2D eigenvalue weighted by atomic mass is 16.6. The number of carbonyl (C=O) groups excluding carboxylic acids is 2. The van der Waals surface area contributed by atoms with Crippen LogP contribution in [0.2, 0.25) is 0 Å². The third-order valence-electron chi connectivity index (χ3n) is 6.58. The number of rotatable bonds is 34. The number of carbonyl (C=O) groups is 3. The Balaban J connectivity index is -0.000000922. The van der Waals surface area contributed by atoms with Gasteiger partial charge in [0.25, 0.3) is 0 Å². The number of aliphatic hydroxyl groups excluding tert-OH is 1. The maximum atomic E-state index is 11.9. The summed E-state index contributed by atoms with van der Waals surface area (Å²) in [5, 5.41) is 25.9. The molecule has 0 atom stereocenters. The molecular weight excluding hydrogens is 720 g/mol.